The van der Waals surface area contributed by atoms with Gasteiger partial charge in [-0.15, -0.1) is 0 Å². The number of carbonyl (C=O) groups excluding carboxylic acids is 1. The molecule has 1 nitrogen and oxygen atoms in total. The zero-order valence-corrected chi connectivity index (χ0v) is 8.73. The van der Waals surface area contributed by atoms with Crippen molar-refractivity contribution in [3.63, 3.8) is 0 Å². The maximum atomic E-state index is 11.4. The second kappa shape index (κ2) is 3.13. The van der Waals surface area contributed by atoms with Gasteiger partial charge in [-0.1, -0.05) is 37.4 Å². The van der Waals surface area contributed by atoms with Gasteiger partial charge in [0.2, 0.25) is 0 Å². The highest BCUT2D eigenvalue weighted by atomic mass is 35.5. The molecule has 0 radical (unpaired) electrons. The number of Topliss-reactive ketones (excluding diaryl/α,β-unsaturated/α-hetero) is 1. The minimum absolute atomic E-state index is 0.144. The Morgan fingerprint density at radius 2 is 2.31 bits per heavy atom. The van der Waals surface area contributed by atoms with Crippen LogP contribution in [-0.4, -0.2) is 5.78 Å². The number of hydrogen-bond acceptors (Lipinski definition) is 1. The first kappa shape index (κ1) is 9.26. The van der Waals surface area contributed by atoms with Crippen molar-refractivity contribution in [3.05, 3.63) is 11.1 Å². The number of fused-ring (bicyclic) bond motifs is 1. The molecule has 2 rings (SSSR count). The van der Waals surface area contributed by atoms with Gasteiger partial charge in [-0.3, -0.25) is 4.79 Å². The summed E-state index contributed by atoms with van der Waals surface area (Å²) in [7, 11) is 0. The van der Waals surface area contributed by atoms with Crippen LogP contribution in [0.5, 0.6) is 0 Å². The predicted molar refractivity (Wildman–Crippen MR) is 53.6 cm³/mol. The maximum absolute atomic E-state index is 11.4. The van der Waals surface area contributed by atoms with Crippen LogP contribution in [-0.2, 0) is 4.79 Å². The number of hydrogen-bond donors (Lipinski definition) is 0. The van der Waals surface area contributed by atoms with E-state index in [9.17, 15) is 4.79 Å². The Morgan fingerprint density at radius 1 is 1.54 bits per heavy atom. The summed E-state index contributed by atoms with van der Waals surface area (Å²) in [4.78, 5) is 11.4. The Morgan fingerprint density at radius 3 is 3.08 bits per heavy atom. The summed E-state index contributed by atoms with van der Waals surface area (Å²) in [5, 5.41) is 0.473. The first-order chi connectivity index (χ1) is 6.12. The van der Waals surface area contributed by atoms with Crippen molar-refractivity contribution in [2.75, 3.05) is 0 Å². The van der Waals surface area contributed by atoms with E-state index in [0.717, 1.165) is 0 Å². The van der Waals surface area contributed by atoms with E-state index in [1.807, 2.05) is 6.08 Å². The minimum atomic E-state index is 0.144. The summed E-state index contributed by atoms with van der Waals surface area (Å²) in [6, 6.07) is 0. The van der Waals surface area contributed by atoms with E-state index in [-0.39, 0.29) is 11.2 Å². The van der Waals surface area contributed by atoms with Crippen LogP contribution in [0.2, 0.25) is 0 Å². The molecule has 13 heavy (non-hydrogen) atoms. The molecular weight excluding hydrogens is 184 g/mol. The van der Waals surface area contributed by atoms with Crippen molar-refractivity contribution < 1.29 is 4.79 Å². The molecule has 0 aromatic carbocycles. The third kappa shape index (κ3) is 1.54. The Labute approximate surface area is 84.2 Å². The quantitative estimate of drug-likeness (QED) is 0.584. The van der Waals surface area contributed by atoms with E-state index in [1.54, 1.807) is 0 Å². The van der Waals surface area contributed by atoms with Crippen LogP contribution in [0, 0.1) is 11.3 Å². The van der Waals surface area contributed by atoms with Crippen LogP contribution in [0.15, 0.2) is 11.1 Å². The van der Waals surface area contributed by atoms with Gasteiger partial charge in [0.1, 0.15) is 0 Å². The Hall–Kier alpha value is -0.300. The van der Waals surface area contributed by atoms with Gasteiger partial charge in [0, 0.05) is 6.42 Å². The van der Waals surface area contributed by atoms with Crippen molar-refractivity contribution in [1.29, 1.82) is 0 Å². The van der Waals surface area contributed by atoms with E-state index in [1.165, 1.54) is 25.7 Å². The molecule has 0 unspecified atom stereocenters. The molecule has 0 N–H and O–H groups in total. The fraction of sp³-hybridized carbons (Fsp3) is 0.727. The molecule has 2 atom stereocenters. The molecular formula is C11H15ClO. The molecule has 0 saturated heterocycles. The topological polar surface area (TPSA) is 17.1 Å². The van der Waals surface area contributed by atoms with Gasteiger partial charge in [-0.25, -0.2) is 0 Å². The van der Waals surface area contributed by atoms with Gasteiger partial charge in [-0.2, -0.15) is 0 Å². The molecule has 2 heteroatoms. The first-order valence-corrected chi connectivity index (χ1v) is 5.41. The highest BCUT2D eigenvalue weighted by molar-refractivity contribution is 6.42. The average molecular weight is 199 g/mol. The van der Waals surface area contributed by atoms with Gasteiger partial charge in [-0.05, 0) is 24.2 Å². The highest BCUT2D eigenvalue weighted by Crippen LogP contribution is 2.47. The number of halogens is 1. The van der Waals surface area contributed by atoms with Gasteiger partial charge in [0.05, 0.1) is 5.03 Å². The molecule has 0 spiro atoms. The third-order valence-corrected chi connectivity index (χ3v) is 3.93. The van der Waals surface area contributed by atoms with E-state index < -0.39 is 0 Å². The molecule has 0 aromatic rings. The predicted octanol–water partition coefficient (Wildman–Crippen LogP) is 3.28. The molecule has 0 aliphatic heterocycles. The summed E-state index contributed by atoms with van der Waals surface area (Å²) < 4.78 is 0. The smallest absolute Gasteiger partial charge is 0.174 e. The zero-order chi connectivity index (χ0) is 9.47. The molecule has 0 bridgehead atoms. The lowest BCUT2D eigenvalue weighted by Gasteiger charge is -2.41. The van der Waals surface area contributed by atoms with Crippen molar-refractivity contribution in [1.82, 2.24) is 0 Å². The number of allylic oxidation sites excluding steroid dienone is 2. The van der Waals surface area contributed by atoms with Crippen molar-refractivity contribution >= 4 is 17.4 Å². The average Bonchev–Trinajstić information content (AvgIpc) is 2.07. The Bertz CT molecular complexity index is 269. The van der Waals surface area contributed by atoms with Gasteiger partial charge < -0.3 is 0 Å². The summed E-state index contributed by atoms with van der Waals surface area (Å²) in [6.45, 7) is 2.24. The standard InChI is InChI=1S/C11H15ClO/c1-11-5-3-2-4-8(11)6-10(13)9(12)7-11/h7-8H,2-6H2,1H3/t8-,11-/m1/s1. The third-order valence-electron chi connectivity index (χ3n) is 3.61. The van der Waals surface area contributed by atoms with Crippen LogP contribution in [0.25, 0.3) is 0 Å². The van der Waals surface area contributed by atoms with Crippen LogP contribution in [0.4, 0.5) is 0 Å². The lowest BCUT2D eigenvalue weighted by Crippen LogP contribution is -2.34. The second-order valence-electron chi connectivity index (χ2n) is 4.57. The molecule has 1 fully saturated rings. The number of rotatable bonds is 0. The SMILES string of the molecule is C[C@@]12C=C(Cl)C(=O)C[C@H]1CCCC2. The molecule has 72 valence electrons. The second-order valence-corrected chi connectivity index (χ2v) is 4.98. The normalized spacial score (nSPS) is 39.7. The van der Waals surface area contributed by atoms with Gasteiger partial charge in [0.15, 0.2) is 5.78 Å². The summed E-state index contributed by atoms with van der Waals surface area (Å²) in [5.41, 5.74) is 0.212. The largest absolute Gasteiger partial charge is 0.293 e. The Kier molecular flexibility index (Phi) is 2.23. The van der Waals surface area contributed by atoms with E-state index in [2.05, 4.69) is 6.92 Å². The lowest BCUT2D eigenvalue weighted by atomic mass is 9.63. The first-order valence-electron chi connectivity index (χ1n) is 5.03. The zero-order valence-electron chi connectivity index (χ0n) is 7.98. The lowest BCUT2D eigenvalue weighted by molar-refractivity contribution is -0.117. The van der Waals surface area contributed by atoms with Crippen LogP contribution < -0.4 is 0 Å². The fourth-order valence-electron chi connectivity index (χ4n) is 2.65. The van der Waals surface area contributed by atoms with Crippen LogP contribution >= 0.6 is 11.6 Å². The van der Waals surface area contributed by atoms with Crippen LogP contribution in [0.1, 0.15) is 39.0 Å². The molecule has 1 saturated carbocycles. The maximum Gasteiger partial charge on any atom is 0.174 e. The van der Waals surface area contributed by atoms with Gasteiger partial charge >= 0.3 is 0 Å². The van der Waals surface area contributed by atoms with Gasteiger partial charge in [0.25, 0.3) is 0 Å². The molecule has 2 aliphatic carbocycles. The van der Waals surface area contributed by atoms with E-state index in [0.29, 0.717) is 17.4 Å². The van der Waals surface area contributed by atoms with E-state index in [4.69, 9.17) is 11.6 Å². The minimum Gasteiger partial charge on any atom is -0.293 e. The molecule has 0 amide bonds. The van der Waals surface area contributed by atoms with Crippen LogP contribution in [0.3, 0.4) is 0 Å². The fourth-order valence-corrected chi connectivity index (χ4v) is 2.97. The number of carbonyl (C=O) groups is 1. The summed E-state index contributed by atoms with van der Waals surface area (Å²) in [6.07, 6.45) is 7.63. The van der Waals surface area contributed by atoms with Crippen molar-refractivity contribution in [2.45, 2.75) is 39.0 Å². The monoisotopic (exact) mass is 198 g/mol. The molecule has 0 aromatic heterocycles. The summed E-state index contributed by atoms with van der Waals surface area (Å²) in [5.74, 6) is 0.697. The molecule has 0 heterocycles. The van der Waals surface area contributed by atoms with E-state index >= 15 is 0 Å². The van der Waals surface area contributed by atoms with Crippen molar-refractivity contribution in [2.24, 2.45) is 11.3 Å². The molecule has 2 aliphatic rings. The summed E-state index contributed by atoms with van der Waals surface area (Å²) >= 11 is 5.89. The number of ketones is 1. The Balaban J connectivity index is 2.30. The van der Waals surface area contributed by atoms with Crippen molar-refractivity contribution in [3.8, 4) is 0 Å². The highest BCUT2D eigenvalue weighted by Gasteiger charge is 2.39.